The maximum atomic E-state index is 11.3. The molecule has 0 spiro atoms. The molecule has 1 amide bonds. The van der Waals surface area contributed by atoms with Crippen LogP contribution in [0.5, 0.6) is 0 Å². The van der Waals surface area contributed by atoms with Gasteiger partial charge in [-0.15, -0.1) is 0 Å². The van der Waals surface area contributed by atoms with Gasteiger partial charge in [-0.25, -0.2) is 0 Å². The van der Waals surface area contributed by atoms with E-state index in [9.17, 15) is 24.6 Å². The van der Waals surface area contributed by atoms with Gasteiger partial charge in [0.25, 0.3) is 0 Å². The van der Waals surface area contributed by atoms with Crippen LogP contribution in [0.2, 0.25) is 0 Å². The first-order valence-electron chi connectivity index (χ1n) is 11.4. The Morgan fingerprint density at radius 3 is 1.88 bits per heavy atom. The Morgan fingerprint density at radius 1 is 0.909 bits per heavy atom. The van der Waals surface area contributed by atoms with Crippen LogP contribution >= 0.6 is 0 Å². The first-order valence-corrected chi connectivity index (χ1v) is 11.4. The molecule has 184 valence electrons. The minimum absolute atomic E-state index is 0. The molecule has 0 heterocycles. The van der Waals surface area contributed by atoms with E-state index in [1.807, 2.05) is 18.2 Å². The molecule has 0 aliphatic carbocycles. The average molecular weight is 493 g/mol. The van der Waals surface area contributed by atoms with Gasteiger partial charge in [-0.3, -0.25) is 9.59 Å². The van der Waals surface area contributed by atoms with Crippen LogP contribution in [0.4, 0.5) is 0 Å². The van der Waals surface area contributed by atoms with Gasteiger partial charge in [-0.05, 0) is 39.0 Å². The summed E-state index contributed by atoms with van der Waals surface area (Å²) in [6, 6.07) is -0.810. The van der Waals surface area contributed by atoms with Crippen molar-refractivity contribution in [3.8, 4) is 0 Å². The molecule has 0 saturated carbocycles. The zero-order chi connectivity index (χ0) is 24.8. The normalized spacial score (nSPS) is 13.0. The van der Waals surface area contributed by atoms with Crippen LogP contribution in [-0.2, 0) is 14.4 Å². The van der Waals surface area contributed by atoms with Gasteiger partial charge in [0.05, 0.1) is 12.5 Å². The van der Waals surface area contributed by atoms with Crippen LogP contribution < -0.4 is 15.5 Å². The topological polar surface area (TPSA) is 142 Å². The molecule has 0 aromatic heterocycles. The third-order valence-electron chi connectivity index (χ3n) is 4.09. The van der Waals surface area contributed by atoms with E-state index in [0.29, 0.717) is 6.42 Å². The summed E-state index contributed by atoms with van der Waals surface area (Å²) in [6.45, 7) is 7.51. The quantitative estimate of drug-likeness (QED) is 0.111. The van der Waals surface area contributed by atoms with Crippen LogP contribution in [-0.4, -0.2) is 78.7 Å². The number of aliphatic imine (C=N–C) groups is 1. The standard InChI is InChI=1S/2C12H21NO3.Ca/c2*1-3-4-5-6-7-8-11(14)13-10(2)9-12(15)16;/h2*6-7,10H,3-5,8-9H2,1-2H3,(H,13,14)(H,15,16);/q;;+2/p-2/b2*7-6+;. The Hall–Kier alpha value is -1.38. The van der Waals surface area contributed by atoms with Crippen molar-refractivity contribution in [3.63, 3.8) is 0 Å². The number of carboxylic acid groups (broad SMARTS) is 2. The molecule has 0 radical (unpaired) electrons. The van der Waals surface area contributed by atoms with Crippen molar-refractivity contribution in [2.24, 2.45) is 4.99 Å². The second-order valence-electron chi connectivity index (χ2n) is 7.65. The molecule has 2 N–H and O–H groups in total. The summed E-state index contributed by atoms with van der Waals surface area (Å²) in [7, 11) is 0. The smallest absolute Gasteiger partial charge is 0.862 e. The van der Waals surface area contributed by atoms with Crippen molar-refractivity contribution in [1.29, 1.82) is 0 Å². The molecule has 2 unspecified atom stereocenters. The number of rotatable bonds is 16. The monoisotopic (exact) mass is 492 g/mol. The third kappa shape index (κ3) is 30.6. The van der Waals surface area contributed by atoms with Gasteiger partial charge in [0, 0.05) is 24.9 Å². The van der Waals surface area contributed by atoms with E-state index in [1.54, 1.807) is 19.9 Å². The zero-order valence-corrected chi connectivity index (χ0v) is 22.9. The number of aliphatic carboxylic acids is 2. The van der Waals surface area contributed by atoms with Crippen LogP contribution in [0.25, 0.3) is 0 Å². The molecule has 0 aliphatic rings. The van der Waals surface area contributed by atoms with E-state index in [1.165, 1.54) is 0 Å². The van der Waals surface area contributed by atoms with E-state index in [4.69, 9.17) is 5.11 Å². The molecule has 0 fully saturated rings. The molecular formula is C24H40CaN2O6. The Balaban J connectivity index is -0.000000529. The summed E-state index contributed by atoms with van der Waals surface area (Å²) in [4.78, 5) is 35.6. The third-order valence-corrected chi connectivity index (χ3v) is 4.09. The zero-order valence-electron chi connectivity index (χ0n) is 20.7. The fourth-order valence-corrected chi connectivity index (χ4v) is 2.49. The number of hydrogen-bond acceptors (Lipinski definition) is 6. The number of unbranched alkanes of at least 4 members (excludes halogenated alkanes) is 4. The van der Waals surface area contributed by atoms with Crippen molar-refractivity contribution >= 4 is 61.5 Å². The molecule has 9 heteroatoms. The number of carbonyl (C=O) groups is 3. The number of hydrogen-bond donors (Lipinski definition) is 2. The van der Waals surface area contributed by atoms with E-state index in [2.05, 4.69) is 24.2 Å². The maximum Gasteiger partial charge on any atom is 2.00 e. The molecule has 0 bridgehead atoms. The Bertz CT molecular complexity index is 620. The average Bonchev–Trinajstić information content (AvgIpc) is 2.66. The minimum atomic E-state index is -1.18. The number of amides is 1. The summed E-state index contributed by atoms with van der Waals surface area (Å²) in [6.07, 6.45) is 14.4. The Labute approximate surface area is 228 Å². The summed E-state index contributed by atoms with van der Waals surface area (Å²) in [5.41, 5.74) is 0. The molecule has 33 heavy (non-hydrogen) atoms. The largest absolute Gasteiger partial charge is 2.00 e. The molecule has 0 rings (SSSR count). The van der Waals surface area contributed by atoms with E-state index >= 15 is 0 Å². The second kappa shape index (κ2) is 25.2. The fraction of sp³-hybridized carbons (Fsp3) is 0.667. The first kappa shape index (κ1) is 36.2. The van der Waals surface area contributed by atoms with Gasteiger partial charge < -0.3 is 30.4 Å². The van der Waals surface area contributed by atoms with Gasteiger partial charge in [0.2, 0.25) is 5.91 Å². The summed E-state index contributed by atoms with van der Waals surface area (Å²) < 4.78 is 0. The van der Waals surface area contributed by atoms with Gasteiger partial charge in [0.1, 0.15) is 0 Å². The maximum absolute atomic E-state index is 11.3. The van der Waals surface area contributed by atoms with Gasteiger partial charge in [0.15, 0.2) is 0 Å². The molecule has 0 saturated heterocycles. The van der Waals surface area contributed by atoms with E-state index in [-0.39, 0.29) is 74.8 Å². The summed E-state index contributed by atoms with van der Waals surface area (Å²) in [5.74, 6) is -2.48. The van der Waals surface area contributed by atoms with Crippen molar-refractivity contribution in [2.45, 2.75) is 104 Å². The molecule has 0 aliphatic heterocycles. The molecule has 8 nitrogen and oxygen atoms in total. The number of carbonyl (C=O) groups excluding carboxylic acids is 2. The number of nitrogens with one attached hydrogen (secondary N) is 1. The van der Waals surface area contributed by atoms with Gasteiger partial charge >= 0.3 is 43.7 Å². The van der Waals surface area contributed by atoms with Crippen molar-refractivity contribution < 1.29 is 29.7 Å². The second-order valence-corrected chi connectivity index (χ2v) is 7.65. The molecular weight excluding hydrogens is 452 g/mol. The van der Waals surface area contributed by atoms with Crippen LogP contribution in [0.3, 0.4) is 0 Å². The van der Waals surface area contributed by atoms with Crippen molar-refractivity contribution in [2.75, 3.05) is 0 Å². The van der Waals surface area contributed by atoms with E-state index in [0.717, 1.165) is 38.5 Å². The van der Waals surface area contributed by atoms with Gasteiger partial charge in [-0.1, -0.05) is 63.8 Å². The summed E-state index contributed by atoms with van der Waals surface area (Å²) in [5, 5.41) is 32.6. The van der Waals surface area contributed by atoms with Crippen LogP contribution in [0.1, 0.15) is 91.9 Å². The SMILES string of the molecule is CCCC/C=C/CC(=O)NC(C)CC(=O)O.CCCC/C=C/CC([O-])=NC(C)CC(=O)[O-].[Ca+2]. The Morgan fingerprint density at radius 2 is 1.42 bits per heavy atom. The summed E-state index contributed by atoms with van der Waals surface area (Å²) >= 11 is 0. The van der Waals surface area contributed by atoms with Crippen molar-refractivity contribution in [3.05, 3.63) is 24.3 Å². The minimum Gasteiger partial charge on any atom is -0.862 e. The first-order chi connectivity index (χ1) is 15.1. The number of carboxylic acids is 2. The number of nitrogens with zero attached hydrogens (tertiary/aromatic N) is 1. The van der Waals surface area contributed by atoms with Crippen LogP contribution in [0, 0.1) is 0 Å². The molecule has 0 aromatic rings. The van der Waals surface area contributed by atoms with Crippen LogP contribution in [0.15, 0.2) is 29.3 Å². The number of allylic oxidation sites excluding steroid dienone is 2. The predicted molar refractivity (Wildman–Crippen MR) is 129 cm³/mol. The Kier molecular flexibility index (Phi) is 27.7. The van der Waals surface area contributed by atoms with E-state index < -0.39 is 18.0 Å². The molecule has 0 aromatic carbocycles. The van der Waals surface area contributed by atoms with Crippen molar-refractivity contribution in [1.82, 2.24) is 5.32 Å². The molecule has 2 atom stereocenters. The van der Waals surface area contributed by atoms with Gasteiger partial charge in [-0.2, -0.15) is 0 Å². The fourth-order valence-electron chi connectivity index (χ4n) is 2.49. The predicted octanol–water partition coefficient (Wildman–Crippen LogP) is 2.13.